The van der Waals surface area contributed by atoms with Crippen molar-refractivity contribution in [3.05, 3.63) is 34.4 Å². The third-order valence-electron chi connectivity index (χ3n) is 3.03. The maximum Gasteiger partial charge on any atom is 0.331 e. The molecule has 0 bridgehead atoms. The fourth-order valence-corrected chi connectivity index (χ4v) is 2.11. The summed E-state index contributed by atoms with van der Waals surface area (Å²) in [5.74, 6) is -3.46. The highest BCUT2D eigenvalue weighted by atomic mass is 35.5. The number of halogens is 3. The number of amides is 1. The van der Waals surface area contributed by atoms with E-state index in [1.807, 2.05) is 6.92 Å². The van der Waals surface area contributed by atoms with E-state index >= 15 is 0 Å². The first-order chi connectivity index (χ1) is 9.75. The zero-order chi connectivity index (χ0) is 16.2. The van der Waals surface area contributed by atoms with Crippen LogP contribution < -0.4 is 5.32 Å². The van der Waals surface area contributed by atoms with Gasteiger partial charge in [0.1, 0.15) is 17.2 Å². The van der Waals surface area contributed by atoms with Crippen LogP contribution in [0.4, 0.5) is 8.78 Å². The molecule has 4 nitrogen and oxygen atoms in total. The van der Waals surface area contributed by atoms with Crippen molar-refractivity contribution in [2.24, 2.45) is 0 Å². The molecule has 0 aliphatic rings. The van der Waals surface area contributed by atoms with E-state index < -0.39 is 39.6 Å². The number of esters is 1. The van der Waals surface area contributed by atoms with Gasteiger partial charge in [-0.2, -0.15) is 0 Å². The first-order valence-corrected chi connectivity index (χ1v) is 6.68. The summed E-state index contributed by atoms with van der Waals surface area (Å²) in [7, 11) is 1.19. The number of ether oxygens (including phenoxy) is 1. The third kappa shape index (κ3) is 3.91. The molecule has 0 saturated carbocycles. The van der Waals surface area contributed by atoms with Gasteiger partial charge in [0, 0.05) is 0 Å². The largest absolute Gasteiger partial charge is 0.467 e. The standard InChI is InChI=1S/C14H16ClF2NO3/c1-4-5-14(2,13(20)21-3)18-12(19)8-6-11(17)9(15)7-10(8)16/h6-7H,4-5H2,1-3H3,(H,18,19). The Labute approximate surface area is 126 Å². The Morgan fingerprint density at radius 3 is 2.48 bits per heavy atom. The average molecular weight is 320 g/mol. The monoisotopic (exact) mass is 319 g/mol. The summed E-state index contributed by atoms with van der Waals surface area (Å²) in [4.78, 5) is 23.8. The van der Waals surface area contributed by atoms with Crippen LogP contribution in [0.1, 0.15) is 37.0 Å². The lowest BCUT2D eigenvalue weighted by atomic mass is 9.95. The summed E-state index contributed by atoms with van der Waals surface area (Å²) in [5.41, 5.74) is -1.84. The number of benzene rings is 1. The number of nitrogens with one attached hydrogen (secondary N) is 1. The lowest BCUT2D eigenvalue weighted by Gasteiger charge is -2.27. The van der Waals surface area contributed by atoms with Crippen LogP contribution in [0.15, 0.2) is 12.1 Å². The van der Waals surface area contributed by atoms with Gasteiger partial charge in [-0.3, -0.25) is 4.79 Å². The fraction of sp³-hybridized carbons (Fsp3) is 0.429. The van der Waals surface area contributed by atoms with Gasteiger partial charge >= 0.3 is 5.97 Å². The summed E-state index contributed by atoms with van der Waals surface area (Å²) < 4.78 is 31.7. The van der Waals surface area contributed by atoms with E-state index in [2.05, 4.69) is 10.1 Å². The molecule has 1 unspecified atom stereocenters. The van der Waals surface area contributed by atoms with Gasteiger partial charge < -0.3 is 10.1 Å². The first kappa shape index (κ1) is 17.4. The Morgan fingerprint density at radius 1 is 1.33 bits per heavy atom. The van der Waals surface area contributed by atoms with E-state index in [0.717, 1.165) is 0 Å². The molecule has 1 aromatic carbocycles. The van der Waals surface area contributed by atoms with Gasteiger partial charge in [-0.05, 0) is 25.5 Å². The molecule has 0 heterocycles. The van der Waals surface area contributed by atoms with Gasteiger partial charge in [0.25, 0.3) is 5.91 Å². The molecular weight excluding hydrogens is 304 g/mol. The molecule has 1 atom stereocenters. The van der Waals surface area contributed by atoms with Crippen molar-refractivity contribution in [3.63, 3.8) is 0 Å². The third-order valence-corrected chi connectivity index (χ3v) is 3.32. The van der Waals surface area contributed by atoms with E-state index in [-0.39, 0.29) is 0 Å². The molecule has 0 aromatic heterocycles. The highest BCUT2D eigenvalue weighted by Gasteiger charge is 2.36. The average Bonchev–Trinajstić information content (AvgIpc) is 2.41. The van der Waals surface area contributed by atoms with Crippen LogP contribution in [-0.4, -0.2) is 24.5 Å². The molecule has 0 fully saturated rings. The molecule has 1 N–H and O–H groups in total. The highest BCUT2D eigenvalue weighted by Crippen LogP contribution is 2.21. The molecule has 1 rings (SSSR count). The minimum Gasteiger partial charge on any atom is -0.467 e. The van der Waals surface area contributed by atoms with Crippen LogP contribution in [0, 0.1) is 11.6 Å². The number of hydrogen-bond donors (Lipinski definition) is 1. The molecule has 1 amide bonds. The zero-order valence-electron chi connectivity index (χ0n) is 11.9. The van der Waals surface area contributed by atoms with Crippen molar-refractivity contribution in [2.75, 3.05) is 7.11 Å². The molecule has 0 aliphatic heterocycles. The van der Waals surface area contributed by atoms with Crippen LogP contribution in [0.3, 0.4) is 0 Å². The Bertz CT molecular complexity index is 565. The Hall–Kier alpha value is -1.69. The Balaban J connectivity index is 3.08. The molecule has 0 aliphatic carbocycles. The lowest BCUT2D eigenvalue weighted by Crippen LogP contribution is -2.52. The van der Waals surface area contributed by atoms with Crippen molar-refractivity contribution in [1.82, 2.24) is 5.32 Å². The molecule has 116 valence electrons. The number of carbonyl (C=O) groups is 2. The van der Waals surface area contributed by atoms with Crippen LogP contribution in [0.2, 0.25) is 5.02 Å². The van der Waals surface area contributed by atoms with E-state index in [9.17, 15) is 18.4 Å². The number of rotatable bonds is 5. The van der Waals surface area contributed by atoms with Gasteiger partial charge in [-0.1, -0.05) is 24.9 Å². The van der Waals surface area contributed by atoms with E-state index in [0.29, 0.717) is 25.0 Å². The van der Waals surface area contributed by atoms with Gasteiger partial charge in [0.05, 0.1) is 17.7 Å². The Morgan fingerprint density at radius 2 is 1.95 bits per heavy atom. The van der Waals surface area contributed by atoms with Gasteiger partial charge in [-0.25, -0.2) is 13.6 Å². The van der Waals surface area contributed by atoms with E-state index in [4.69, 9.17) is 11.6 Å². The zero-order valence-corrected chi connectivity index (χ0v) is 12.7. The molecule has 7 heteroatoms. The summed E-state index contributed by atoms with van der Waals surface area (Å²) in [6.07, 6.45) is 0.881. The minimum atomic E-state index is -1.32. The first-order valence-electron chi connectivity index (χ1n) is 6.30. The highest BCUT2D eigenvalue weighted by molar-refractivity contribution is 6.30. The summed E-state index contributed by atoms with van der Waals surface area (Å²) in [6.45, 7) is 3.28. The Kier molecular flexibility index (Phi) is 5.66. The summed E-state index contributed by atoms with van der Waals surface area (Å²) in [5, 5.41) is 1.96. The second-order valence-electron chi connectivity index (χ2n) is 4.77. The van der Waals surface area contributed by atoms with Gasteiger partial charge in [-0.15, -0.1) is 0 Å². The number of carbonyl (C=O) groups excluding carboxylic acids is 2. The van der Waals surface area contributed by atoms with Crippen LogP contribution in [0.5, 0.6) is 0 Å². The maximum absolute atomic E-state index is 13.7. The van der Waals surface area contributed by atoms with Gasteiger partial charge in [0.2, 0.25) is 0 Å². The van der Waals surface area contributed by atoms with Crippen LogP contribution in [-0.2, 0) is 9.53 Å². The lowest BCUT2D eigenvalue weighted by molar-refractivity contribution is -0.147. The predicted octanol–water partition coefficient (Wildman–Crippen LogP) is 3.08. The summed E-state index contributed by atoms with van der Waals surface area (Å²) in [6, 6.07) is 1.40. The van der Waals surface area contributed by atoms with Gasteiger partial charge in [0.15, 0.2) is 0 Å². The number of methoxy groups -OCH3 is 1. The van der Waals surface area contributed by atoms with Crippen molar-refractivity contribution in [3.8, 4) is 0 Å². The molecule has 0 spiro atoms. The van der Waals surface area contributed by atoms with Crippen molar-refractivity contribution in [2.45, 2.75) is 32.2 Å². The topological polar surface area (TPSA) is 55.4 Å². The smallest absolute Gasteiger partial charge is 0.331 e. The van der Waals surface area contributed by atoms with Crippen molar-refractivity contribution < 1.29 is 23.1 Å². The molecular formula is C14H16ClF2NO3. The molecule has 21 heavy (non-hydrogen) atoms. The van der Waals surface area contributed by atoms with Crippen LogP contribution >= 0.6 is 11.6 Å². The van der Waals surface area contributed by atoms with E-state index in [1.165, 1.54) is 14.0 Å². The summed E-state index contributed by atoms with van der Waals surface area (Å²) >= 11 is 5.43. The SMILES string of the molecule is CCCC(C)(NC(=O)c1cc(F)c(Cl)cc1F)C(=O)OC. The van der Waals surface area contributed by atoms with Crippen molar-refractivity contribution in [1.29, 1.82) is 0 Å². The number of hydrogen-bond acceptors (Lipinski definition) is 3. The molecule has 0 radical (unpaired) electrons. The minimum absolute atomic E-state index is 0.295. The van der Waals surface area contributed by atoms with E-state index in [1.54, 1.807) is 0 Å². The normalized spacial score (nSPS) is 13.4. The second-order valence-corrected chi connectivity index (χ2v) is 5.18. The molecule has 1 aromatic rings. The molecule has 0 saturated heterocycles. The van der Waals surface area contributed by atoms with Crippen molar-refractivity contribution >= 4 is 23.5 Å². The fourth-order valence-electron chi connectivity index (χ4n) is 1.96. The maximum atomic E-state index is 13.7. The predicted molar refractivity (Wildman–Crippen MR) is 74.2 cm³/mol. The quantitative estimate of drug-likeness (QED) is 0.670. The van der Waals surface area contributed by atoms with Crippen LogP contribution in [0.25, 0.3) is 0 Å². The second kappa shape index (κ2) is 6.85.